The molecule has 42 heavy (non-hydrogen) atoms. The van der Waals surface area contributed by atoms with Gasteiger partial charge < -0.3 is 10.5 Å². The van der Waals surface area contributed by atoms with Gasteiger partial charge in [0.15, 0.2) is 0 Å². The van der Waals surface area contributed by atoms with E-state index in [0.29, 0.717) is 11.7 Å². The van der Waals surface area contributed by atoms with E-state index in [0.717, 1.165) is 102 Å². The third-order valence-corrected chi connectivity index (χ3v) is 9.52. The normalized spacial score (nSPS) is 19.4. The van der Waals surface area contributed by atoms with Crippen LogP contribution in [0.2, 0.25) is 0 Å². The highest BCUT2D eigenvalue weighted by Crippen LogP contribution is 2.38. The monoisotopic (exact) mass is 570 g/mol. The average molecular weight is 571 g/mol. The first-order valence-electron chi connectivity index (χ1n) is 16.6. The number of unbranched alkanes of at least 4 members (excludes halogenated alkanes) is 1. The molecule has 4 heteroatoms. The molecule has 0 amide bonds. The van der Waals surface area contributed by atoms with E-state index in [1.807, 2.05) is 19.1 Å². The van der Waals surface area contributed by atoms with Crippen LogP contribution in [-0.2, 0) is 21.4 Å². The number of hydrogen-bond donors (Lipinski definition) is 1. The summed E-state index contributed by atoms with van der Waals surface area (Å²) in [4.78, 5) is 18.3. The number of aromatic nitrogens is 1. The van der Waals surface area contributed by atoms with Crippen molar-refractivity contribution in [3.63, 3.8) is 0 Å². The molecule has 2 N–H and O–H groups in total. The van der Waals surface area contributed by atoms with E-state index in [2.05, 4.69) is 57.2 Å². The topological polar surface area (TPSA) is 65.2 Å². The molecule has 0 radical (unpaired) electrons. The predicted octanol–water partition coefficient (Wildman–Crippen LogP) is 9.44. The zero-order valence-corrected chi connectivity index (χ0v) is 26.7. The van der Waals surface area contributed by atoms with E-state index in [4.69, 9.17) is 15.5 Å². The fourth-order valence-electron chi connectivity index (χ4n) is 6.94. The van der Waals surface area contributed by atoms with Crippen molar-refractivity contribution < 1.29 is 9.53 Å². The molecule has 1 fully saturated rings. The Balaban J connectivity index is 1.43. The van der Waals surface area contributed by atoms with Gasteiger partial charge in [-0.1, -0.05) is 57.0 Å². The molecule has 1 heterocycles. The highest BCUT2D eigenvalue weighted by atomic mass is 16.5. The van der Waals surface area contributed by atoms with Crippen LogP contribution in [0.25, 0.3) is 11.6 Å². The number of hydrogen-bond acceptors (Lipinski definition) is 4. The summed E-state index contributed by atoms with van der Waals surface area (Å²) in [5.74, 6) is 1.37. The molecule has 4 nitrogen and oxygen atoms in total. The summed E-state index contributed by atoms with van der Waals surface area (Å²) >= 11 is 0. The average Bonchev–Trinajstić information content (AvgIpc) is 3.20. The van der Waals surface area contributed by atoms with Gasteiger partial charge in [0.2, 0.25) is 0 Å². The van der Waals surface area contributed by atoms with E-state index >= 15 is 0 Å². The van der Waals surface area contributed by atoms with Crippen molar-refractivity contribution in [3.05, 3.63) is 70.6 Å². The lowest BCUT2D eigenvalue weighted by Gasteiger charge is -2.28. The highest BCUT2D eigenvalue weighted by molar-refractivity contribution is 5.81. The first-order valence-corrected chi connectivity index (χ1v) is 16.6. The number of aryl methyl sites for hydroxylation is 2. The van der Waals surface area contributed by atoms with Gasteiger partial charge >= 0.3 is 0 Å². The fourth-order valence-corrected chi connectivity index (χ4v) is 6.94. The van der Waals surface area contributed by atoms with Crippen molar-refractivity contribution in [2.75, 3.05) is 18.9 Å². The van der Waals surface area contributed by atoms with Crippen LogP contribution in [0.4, 0.5) is 5.69 Å². The Morgan fingerprint density at radius 2 is 1.93 bits per heavy atom. The van der Waals surface area contributed by atoms with Crippen molar-refractivity contribution >= 4 is 23.1 Å². The second-order valence-corrected chi connectivity index (χ2v) is 13.3. The van der Waals surface area contributed by atoms with Crippen molar-refractivity contribution in [3.8, 4) is 0 Å². The molecule has 2 aromatic rings. The molecule has 2 aliphatic carbocycles. The van der Waals surface area contributed by atoms with Gasteiger partial charge in [0.1, 0.15) is 5.78 Å². The summed E-state index contributed by atoms with van der Waals surface area (Å²) in [6.07, 6.45) is 20.5. The van der Waals surface area contributed by atoms with E-state index in [9.17, 15) is 4.79 Å². The second-order valence-electron chi connectivity index (χ2n) is 13.3. The number of benzene rings is 1. The standard InChI is InChI=1S/C38H54N2O2/c1-5-42-25-12-11-20-36(41)31-17-13-14-29(21-22-31)27-32-16-7-6-8-19-35-33(32)26-28(2)37(40-35)38(3,4)24-23-30-15-9-10-18-34(30)39/h8-10,15-16,18-19,26,29,31H,5-7,11-14,17,20-25,27,39H2,1-4H3. The van der Waals surface area contributed by atoms with Gasteiger partial charge in [0.05, 0.1) is 5.69 Å². The molecule has 1 aromatic carbocycles. The maximum absolute atomic E-state index is 12.9. The first-order chi connectivity index (χ1) is 20.3. The number of ether oxygens (including phenoxy) is 1. The first kappa shape index (κ1) is 32.2. The Hall–Kier alpha value is -2.72. The van der Waals surface area contributed by atoms with Crippen LogP contribution in [-0.4, -0.2) is 24.0 Å². The van der Waals surface area contributed by atoms with Crippen LogP contribution in [0.5, 0.6) is 0 Å². The maximum Gasteiger partial charge on any atom is 0.135 e. The zero-order valence-electron chi connectivity index (χ0n) is 26.7. The summed E-state index contributed by atoms with van der Waals surface area (Å²) in [7, 11) is 0. The number of para-hydroxylation sites is 1. The molecular formula is C38H54N2O2. The number of ketones is 1. The van der Waals surface area contributed by atoms with Crippen LogP contribution in [0.3, 0.4) is 0 Å². The van der Waals surface area contributed by atoms with Crippen LogP contribution in [0, 0.1) is 18.8 Å². The Labute approximate surface area is 255 Å². The lowest BCUT2D eigenvalue weighted by atomic mass is 9.79. The van der Waals surface area contributed by atoms with Crippen LogP contribution < -0.4 is 5.73 Å². The largest absolute Gasteiger partial charge is 0.399 e. The number of pyridine rings is 1. The SMILES string of the molecule is CCOCCCCC(=O)C1CCCC(CC2=CCCC=Cc3nc(C(C)(C)CCc4ccccc4N)c(C)cc32)CC1. The molecule has 0 bridgehead atoms. The number of anilines is 1. The molecule has 228 valence electrons. The molecule has 0 saturated heterocycles. The third kappa shape index (κ3) is 8.89. The number of nitrogen functional groups attached to an aromatic ring is 1. The Morgan fingerprint density at radius 1 is 1.10 bits per heavy atom. The third-order valence-electron chi connectivity index (χ3n) is 9.52. The molecule has 2 unspecified atom stereocenters. The molecule has 1 aromatic heterocycles. The summed E-state index contributed by atoms with van der Waals surface area (Å²) < 4.78 is 5.44. The Kier molecular flexibility index (Phi) is 12.0. The van der Waals surface area contributed by atoms with Gasteiger partial charge in [-0.05, 0) is 119 Å². The van der Waals surface area contributed by atoms with Gasteiger partial charge in [-0.2, -0.15) is 0 Å². The minimum Gasteiger partial charge on any atom is -0.399 e. The summed E-state index contributed by atoms with van der Waals surface area (Å²) in [6, 6.07) is 10.6. The highest BCUT2D eigenvalue weighted by Gasteiger charge is 2.28. The van der Waals surface area contributed by atoms with E-state index < -0.39 is 0 Å². The van der Waals surface area contributed by atoms with Crippen molar-refractivity contribution in [1.29, 1.82) is 0 Å². The van der Waals surface area contributed by atoms with Gasteiger partial charge in [-0.3, -0.25) is 9.78 Å². The molecule has 1 saturated carbocycles. The Morgan fingerprint density at radius 3 is 2.74 bits per heavy atom. The number of Topliss-reactive ketones (excluding diaryl/α,β-unsaturated/α-hetero) is 1. The van der Waals surface area contributed by atoms with E-state index in [1.165, 1.54) is 34.4 Å². The Bertz CT molecular complexity index is 1240. The quantitative estimate of drug-likeness (QED) is 0.148. The fraction of sp³-hybridized carbons (Fsp3) is 0.579. The molecular weight excluding hydrogens is 516 g/mol. The van der Waals surface area contributed by atoms with E-state index in [-0.39, 0.29) is 11.3 Å². The van der Waals surface area contributed by atoms with Crippen molar-refractivity contribution in [2.45, 2.75) is 117 Å². The van der Waals surface area contributed by atoms with Gasteiger partial charge in [-0.15, -0.1) is 0 Å². The van der Waals surface area contributed by atoms with Crippen LogP contribution in [0.1, 0.15) is 126 Å². The van der Waals surface area contributed by atoms with Crippen molar-refractivity contribution in [1.82, 2.24) is 4.98 Å². The maximum atomic E-state index is 12.9. The minimum absolute atomic E-state index is 0.0622. The number of carbonyl (C=O) groups is 1. The number of nitrogens with two attached hydrogens (primary N) is 1. The molecule has 0 spiro atoms. The van der Waals surface area contributed by atoms with Gasteiger partial charge in [0, 0.05) is 47.9 Å². The number of carbonyl (C=O) groups excluding carboxylic acids is 1. The van der Waals surface area contributed by atoms with Gasteiger partial charge in [0.25, 0.3) is 0 Å². The second kappa shape index (κ2) is 15.7. The summed E-state index contributed by atoms with van der Waals surface area (Å²) in [5, 5.41) is 0. The zero-order chi connectivity index (χ0) is 30.0. The number of fused-ring (bicyclic) bond motifs is 1. The lowest BCUT2D eigenvalue weighted by molar-refractivity contribution is -0.123. The summed E-state index contributed by atoms with van der Waals surface area (Å²) in [6.45, 7) is 10.4. The van der Waals surface area contributed by atoms with Gasteiger partial charge in [-0.25, -0.2) is 0 Å². The number of nitrogens with zero attached hydrogens (tertiary/aromatic N) is 1. The smallest absolute Gasteiger partial charge is 0.135 e. The molecule has 2 atom stereocenters. The summed E-state index contributed by atoms with van der Waals surface area (Å²) in [5.41, 5.74) is 14.6. The van der Waals surface area contributed by atoms with Crippen LogP contribution >= 0.6 is 0 Å². The lowest BCUT2D eigenvalue weighted by Crippen LogP contribution is -2.22. The number of rotatable bonds is 13. The predicted molar refractivity (Wildman–Crippen MR) is 177 cm³/mol. The minimum atomic E-state index is -0.0622. The van der Waals surface area contributed by atoms with Crippen LogP contribution in [0.15, 0.2) is 42.5 Å². The number of allylic oxidation sites excluding steroid dienone is 3. The molecule has 2 aliphatic rings. The van der Waals surface area contributed by atoms with E-state index in [1.54, 1.807) is 0 Å². The molecule has 0 aliphatic heterocycles. The van der Waals surface area contributed by atoms with Crippen molar-refractivity contribution in [2.24, 2.45) is 11.8 Å². The molecule has 4 rings (SSSR count).